The lowest BCUT2D eigenvalue weighted by Gasteiger charge is -2.12. The highest BCUT2D eigenvalue weighted by molar-refractivity contribution is 5.69. The Morgan fingerprint density at radius 1 is 1.42 bits per heavy atom. The van der Waals surface area contributed by atoms with E-state index < -0.39 is 0 Å². The molecule has 1 heterocycles. The van der Waals surface area contributed by atoms with Gasteiger partial charge in [0.05, 0.1) is 13.7 Å². The summed E-state index contributed by atoms with van der Waals surface area (Å²) < 4.78 is 9.78. The first-order chi connectivity index (χ1) is 9.15. The van der Waals surface area contributed by atoms with Crippen molar-refractivity contribution in [2.24, 2.45) is 0 Å². The number of aryl methyl sites for hydroxylation is 1. The van der Waals surface area contributed by atoms with Crippen LogP contribution in [0, 0.1) is 0 Å². The normalized spacial score (nSPS) is 10.9. The van der Waals surface area contributed by atoms with Crippen molar-refractivity contribution < 1.29 is 14.1 Å². The van der Waals surface area contributed by atoms with Crippen molar-refractivity contribution in [3.63, 3.8) is 0 Å². The third-order valence-electron chi connectivity index (χ3n) is 2.82. The summed E-state index contributed by atoms with van der Waals surface area (Å²) in [4.78, 5) is 17.4. The molecule has 0 fully saturated rings. The molecule has 0 N–H and O–H groups in total. The van der Waals surface area contributed by atoms with E-state index in [-0.39, 0.29) is 5.97 Å². The fourth-order valence-corrected chi connectivity index (χ4v) is 1.70. The number of rotatable bonds is 9. The van der Waals surface area contributed by atoms with Gasteiger partial charge in [-0.1, -0.05) is 18.5 Å². The maximum absolute atomic E-state index is 11.0. The minimum absolute atomic E-state index is 0.173. The SMILES string of the molecule is CCCCc1noc(CN(C)CCCC(=O)OC)n1. The van der Waals surface area contributed by atoms with Gasteiger partial charge in [-0.05, 0) is 26.4 Å². The van der Waals surface area contributed by atoms with Crippen molar-refractivity contribution in [1.29, 1.82) is 0 Å². The minimum Gasteiger partial charge on any atom is -0.469 e. The zero-order valence-electron chi connectivity index (χ0n) is 12.0. The molecule has 1 aromatic heterocycles. The largest absolute Gasteiger partial charge is 0.469 e. The van der Waals surface area contributed by atoms with Gasteiger partial charge in [0.25, 0.3) is 0 Å². The topological polar surface area (TPSA) is 68.5 Å². The van der Waals surface area contributed by atoms with Crippen molar-refractivity contribution in [2.45, 2.75) is 45.6 Å². The number of carbonyl (C=O) groups excluding carboxylic acids is 1. The lowest BCUT2D eigenvalue weighted by atomic mass is 10.2. The predicted octanol–water partition coefficient (Wildman–Crippen LogP) is 1.80. The minimum atomic E-state index is -0.173. The summed E-state index contributed by atoms with van der Waals surface area (Å²) in [7, 11) is 3.37. The van der Waals surface area contributed by atoms with Gasteiger partial charge in [0.1, 0.15) is 0 Å². The highest BCUT2D eigenvalue weighted by Gasteiger charge is 2.09. The maximum atomic E-state index is 11.0. The average Bonchev–Trinajstić information content (AvgIpc) is 2.83. The van der Waals surface area contributed by atoms with E-state index >= 15 is 0 Å². The second-order valence-electron chi connectivity index (χ2n) is 4.63. The number of carbonyl (C=O) groups is 1. The summed E-state index contributed by atoms with van der Waals surface area (Å²) in [6.45, 7) is 3.54. The van der Waals surface area contributed by atoms with E-state index in [0.717, 1.165) is 38.1 Å². The number of aromatic nitrogens is 2. The van der Waals surface area contributed by atoms with Crippen molar-refractivity contribution in [3.8, 4) is 0 Å². The number of unbranched alkanes of at least 4 members (excludes halogenated alkanes) is 1. The molecular weight excluding hydrogens is 246 g/mol. The molecule has 0 spiro atoms. The Kier molecular flexibility index (Phi) is 7.10. The fraction of sp³-hybridized carbons (Fsp3) is 0.769. The number of hydrogen-bond donors (Lipinski definition) is 0. The first-order valence-electron chi connectivity index (χ1n) is 6.72. The van der Waals surface area contributed by atoms with Crippen LogP contribution in [0.15, 0.2) is 4.52 Å². The Morgan fingerprint density at radius 2 is 2.21 bits per heavy atom. The van der Waals surface area contributed by atoms with Crippen molar-refractivity contribution in [2.75, 3.05) is 20.7 Å². The Balaban J connectivity index is 2.25. The Hall–Kier alpha value is -1.43. The highest BCUT2D eigenvalue weighted by Crippen LogP contribution is 2.05. The Bertz CT molecular complexity index is 379. The van der Waals surface area contributed by atoms with E-state index in [0.29, 0.717) is 18.9 Å². The molecule has 1 aromatic rings. The predicted molar refractivity (Wildman–Crippen MR) is 70.5 cm³/mol. The molecule has 0 aliphatic carbocycles. The summed E-state index contributed by atoms with van der Waals surface area (Å²) in [6, 6.07) is 0. The Morgan fingerprint density at radius 3 is 2.89 bits per heavy atom. The van der Waals surface area contributed by atoms with E-state index in [9.17, 15) is 4.79 Å². The van der Waals surface area contributed by atoms with Crippen LogP contribution in [-0.4, -0.2) is 41.7 Å². The van der Waals surface area contributed by atoms with Crippen molar-refractivity contribution >= 4 is 5.97 Å². The van der Waals surface area contributed by atoms with Crippen LogP contribution >= 0.6 is 0 Å². The van der Waals surface area contributed by atoms with Gasteiger partial charge in [0.2, 0.25) is 5.89 Å². The maximum Gasteiger partial charge on any atom is 0.305 e. The molecule has 0 saturated heterocycles. The van der Waals surface area contributed by atoms with Crippen molar-refractivity contribution in [3.05, 3.63) is 11.7 Å². The van der Waals surface area contributed by atoms with Gasteiger partial charge in [-0.3, -0.25) is 9.69 Å². The van der Waals surface area contributed by atoms with Crippen LogP contribution in [0.1, 0.15) is 44.3 Å². The van der Waals surface area contributed by atoms with Crippen LogP contribution < -0.4 is 0 Å². The van der Waals surface area contributed by atoms with E-state index in [4.69, 9.17) is 4.52 Å². The first kappa shape index (κ1) is 15.6. The van der Waals surface area contributed by atoms with Gasteiger partial charge < -0.3 is 9.26 Å². The van der Waals surface area contributed by atoms with E-state index in [1.54, 1.807) is 0 Å². The van der Waals surface area contributed by atoms with Gasteiger partial charge in [0.15, 0.2) is 5.82 Å². The molecule has 19 heavy (non-hydrogen) atoms. The van der Waals surface area contributed by atoms with Crippen LogP contribution in [0.3, 0.4) is 0 Å². The number of methoxy groups -OCH3 is 1. The third-order valence-corrected chi connectivity index (χ3v) is 2.82. The molecule has 0 aromatic carbocycles. The lowest BCUT2D eigenvalue weighted by Crippen LogP contribution is -2.20. The summed E-state index contributed by atoms with van der Waals surface area (Å²) in [5, 5.41) is 3.94. The molecule has 0 aliphatic rings. The lowest BCUT2D eigenvalue weighted by molar-refractivity contribution is -0.140. The second-order valence-corrected chi connectivity index (χ2v) is 4.63. The summed E-state index contributed by atoms with van der Waals surface area (Å²) in [6.07, 6.45) is 4.27. The van der Waals surface area contributed by atoms with E-state index in [1.807, 2.05) is 7.05 Å². The van der Waals surface area contributed by atoms with E-state index in [1.165, 1.54) is 7.11 Å². The Labute approximate surface area is 114 Å². The zero-order valence-corrected chi connectivity index (χ0v) is 12.0. The molecule has 0 atom stereocenters. The number of esters is 1. The van der Waals surface area contributed by atoms with Gasteiger partial charge >= 0.3 is 5.97 Å². The molecule has 0 saturated carbocycles. The molecule has 1 rings (SSSR count). The average molecular weight is 269 g/mol. The monoisotopic (exact) mass is 269 g/mol. The fourth-order valence-electron chi connectivity index (χ4n) is 1.70. The van der Waals surface area contributed by atoms with Crippen LogP contribution in [-0.2, 0) is 22.5 Å². The zero-order chi connectivity index (χ0) is 14.1. The molecule has 108 valence electrons. The summed E-state index contributed by atoms with van der Waals surface area (Å²) in [5.41, 5.74) is 0. The number of nitrogens with zero attached hydrogens (tertiary/aromatic N) is 3. The molecule has 6 heteroatoms. The van der Waals surface area contributed by atoms with Crippen LogP contribution in [0.2, 0.25) is 0 Å². The van der Waals surface area contributed by atoms with Crippen LogP contribution in [0.4, 0.5) is 0 Å². The molecule has 0 bridgehead atoms. The quantitative estimate of drug-likeness (QED) is 0.637. The molecule has 0 amide bonds. The second kappa shape index (κ2) is 8.63. The molecule has 6 nitrogen and oxygen atoms in total. The standard InChI is InChI=1S/C13H23N3O3/c1-4-5-7-11-14-12(19-15-11)10-16(2)9-6-8-13(17)18-3/h4-10H2,1-3H3. The molecule has 0 radical (unpaired) electrons. The number of ether oxygens (including phenoxy) is 1. The number of hydrogen-bond acceptors (Lipinski definition) is 6. The smallest absolute Gasteiger partial charge is 0.305 e. The van der Waals surface area contributed by atoms with Crippen LogP contribution in [0.5, 0.6) is 0 Å². The van der Waals surface area contributed by atoms with E-state index in [2.05, 4.69) is 26.7 Å². The first-order valence-corrected chi connectivity index (χ1v) is 6.72. The van der Waals surface area contributed by atoms with Crippen molar-refractivity contribution in [1.82, 2.24) is 15.0 Å². The van der Waals surface area contributed by atoms with Gasteiger partial charge in [0, 0.05) is 12.8 Å². The van der Waals surface area contributed by atoms with Crippen LogP contribution in [0.25, 0.3) is 0 Å². The molecule has 0 aliphatic heterocycles. The third kappa shape index (κ3) is 6.33. The van der Waals surface area contributed by atoms with Gasteiger partial charge in [-0.2, -0.15) is 4.98 Å². The summed E-state index contributed by atoms with van der Waals surface area (Å²) >= 11 is 0. The highest BCUT2D eigenvalue weighted by atomic mass is 16.5. The summed E-state index contributed by atoms with van der Waals surface area (Å²) in [5.74, 6) is 1.24. The molecular formula is C13H23N3O3. The van der Waals surface area contributed by atoms with Gasteiger partial charge in [-0.25, -0.2) is 0 Å². The van der Waals surface area contributed by atoms with Gasteiger partial charge in [-0.15, -0.1) is 0 Å². The molecule has 0 unspecified atom stereocenters.